The van der Waals surface area contributed by atoms with Crippen LogP contribution in [0.15, 0.2) is 12.2 Å². The third kappa shape index (κ3) is 2.10. The van der Waals surface area contributed by atoms with E-state index in [9.17, 15) is 0 Å². The van der Waals surface area contributed by atoms with Crippen molar-refractivity contribution in [3.63, 3.8) is 0 Å². The van der Waals surface area contributed by atoms with E-state index in [2.05, 4.69) is 45.2 Å². The first-order chi connectivity index (χ1) is 8.90. The Morgan fingerprint density at radius 2 is 1.26 bits per heavy atom. The van der Waals surface area contributed by atoms with E-state index in [-0.39, 0.29) is 11.1 Å². The monoisotopic (exact) mass is 257 g/mol. The second kappa shape index (κ2) is 4.14. The molecule has 0 saturated heterocycles. The third-order valence-electron chi connectivity index (χ3n) is 4.12. The first kappa shape index (κ1) is 12.8. The fourth-order valence-electron chi connectivity index (χ4n) is 3.35. The molecule has 2 aliphatic rings. The van der Waals surface area contributed by atoms with Gasteiger partial charge in [-0.2, -0.15) is 0 Å². The Labute approximate surface area is 115 Å². The van der Waals surface area contributed by atoms with Crippen molar-refractivity contribution in [2.24, 2.45) is 0 Å². The van der Waals surface area contributed by atoms with Gasteiger partial charge in [0.05, 0.1) is 33.9 Å². The van der Waals surface area contributed by atoms with Crippen LogP contribution >= 0.6 is 0 Å². The lowest BCUT2D eigenvalue weighted by Crippen LogP contribution is -2.40. The van der Waals surface area contributed by atoms with Gasteiger partial charge in [-0.1, -0.05) is 12.2 Å². The quantitative estimate of drug-likeness (QED) is 0.726. The van der Waals surface area contributed by atoms with Crippen molar-refractivity contribution in [2.45, 2.75) is 64.5 Å². The summed E-state index contributed by atoms with van der Waals surface area (Å²) >= 11 is 0. The summed E-state index contributed by atoms with van der Waals surface area (Å²) in [7, 11) is 0. The van der Waals surface area contributed by atoms with Gasteiger partial charge in [0.1, 0.15) is 0 Å². The average molecular weight is 257 g/mol. The van der Waals surface area contributed by atoms with Crippen LogP contribution in [0.5, 0.6) is 0 Å². The molecule has 0 saturated carbocycles. The third-order valence-corrected chi connectivity index (χ3v) is 4.12. The highest BCUT2D eigenvalue weighted by Gasteiger charge is 2.44. The van der Waals surface area contributed by atoms with Gasteiger partial charge in [-0.05, 0) is 53.4 Å². The molecule has 102 valence electrons. The molecule has 0 amide bonds. The molecule has 1 aromatic rings. The maximum absolute atomic E-state index is 4.98. The molecule has 1 aliphatic heterocycles. The van der Waals surface area contributed by atoms with Gasteiger partial charge in [0.2, 0.25) is 0 Å². The average Bonchev–Trinajstić information content (AvgIpc) is 2.44. The van der Waals surface area contributed by atoms with Crippen molar-refractivity contribution >= 4 is 0 Å². The molecular weight excluding hydrogens is 234 g/mol. The highest BCUT2D eigenvalue weighted by atomic mass is 15.1. The van der Waals surface area contributed by atoms with Crippen LogP contribution in [0.25, 0.3) is 0 Å². The molecule has 19 heavy (non-hydrogen) atoms. The van der Waals surface area contributed by atoms with E-state index >= 15 is 0 Å². The van der Waals surface area contributed by atoms with Gasteiger partial charge in [-0.3, -0.25) is 15.3 Å². The minimum atomic E-state index is -0.0843. The highest BCUT2D eigenvalue weighted by Crippen LogP contribution is 2.39. The van der Waals surface area contributed by atoms with Crippen LogP contribution in [-0.2, 0) is 23.9 Å². The summed E-state index contributed by atoms with van der Waals surface area (Å²) in [6, 6.07) is 0. The number of allylic oxidation sites excluding steroid dienone is 2. The van der Waals surface area contributed by atoms with Crippen molar-refractivity contribution in [1.29, 1.82) is 0 Å². The maximum atomic E-state index is 4.98. The molecule has 3 heteroatoms. The Hall–Kier alpha value is -1.22. The molecule has 1 aromatic heterocycles. The molecule has 0 atom stereocenters. The zero-order valence-electron chi connectivity index (χ0n) is 12.4. The van der Waals surface area contributed by atoms with Crippen LogP contribution in [-0.4, -0.2) is 9.97 Å². The zero-order chi connectivity index (χ0) is 13.7. The molecule has 3 nitrogen and oxygen atoms in total. The lowest BCUT2D eigenvalue weighted by Gasteiger charge is -2.24. The second-order valence-electron chi connectivity index (χ2n) is 6.74. The first-order valence-electron chi connectivity index (χ1n) is 7.25. The van der Waals surface area contributed by atoms with Crippen molar-refractivity contribution in [1.82, 2.24) is 15.3 Å². The fraction of sp³-hybridized carbons (Fsp3) is 0.625. The van der Waals surface area contributed by atoms with Gasteiger partial charge < -0.3 is 0 Å². The van der Waals surface area contributed by atoms with Crippen LogP contribution in [0.2, 0.25) is 0 Å². The summed E-state index contributed by atoms with van der Waals surface area (Å²) in [5.74, 6) is 0. The smallest absolute Gasteiger partial charge is 0.0836 e. The van der Waals surface area contributed by atoms with Gasteiger partial charge >= 0.3 is 0 Å². The number of rotatable bonds is 0. The largest absolute Gasteiger partial charge is 0.296 e. The van der Waals surface area contributed by atoms with E-state index in [1.807, 2.05) is 0 Å². The standard InChI is InChI=1S/C16H23N3/c1-15(2)13-14(16(3,4)19-15)18-12-10-8-6-5-7-9-11(12)17-13/h5-6,19H,7-10H2,1-4H3/b6-5+. The van der Waals surface area contributed by atoms with Gasteiger partial charge in [-0.15, -0.1) is 0 Å². The van der Waals surface area contributed by atoms with E-state index in [4.69, 9.17) is 9.97 Å². The van der Waals surface area contributed by atoms with Crippen molar-refractivity contribution < 1.29 is 0 Å². The molecule has 0 bridgehead atoms. The molecule has 1 aliphatic carbocycles. The molecule has 0 aromatic carbocycles. The van der Waals surface area contributed by atoms with E-state index in [0.717, 1.165) is 37.1 Å². The molecule has 3 rings (SSSR count). The Bertz CT molecular complexity index is 494. The molecule has 0 radical (unpaired) electrons. The normalized spacial score (nSPS) is 25.1. The number of aryl methyl sites for hydroxylation is 2. The Morgan fingerprint density at radius 3 is 1.68 bits per heavy atom. The topological polar surface area (TPSA) is 37.8 Å². The Balaban J connectivity index is 2.14. The highest BCUT2D eigenvalue weighted by molar-refractivity contribution is 5.36. The number of nitrogens with zero attached hydrogens (tertiary/aromatic N) is 2. The molecule has 0 unspecified atom stereocenters. The first-order valence-corrected chi connectivity index (χ1v) is 7.25. The number of nitrogens with one attached hydrogen (secondary N) is 1. The number of aromatic nitrogens is 2. The summed E-state index contributed by atoms with van der Waals surface area (Å²) in [6.07, 6.45) is 8.73. The minimum absolute atomic E-state index is 0.0843. The molecule has 0 fully saturated rings. The summed E-state index contributed by atoms with van der Waals surface area (Å²) in [5, 5.41) is 3.65. The van der Waals surface area contributed by atoms with Crippen molar-refractivity contribution in [3.8, 4) is 0 Å². The van der Waals surface area contributed by atoms with E-state index in [1.54, 1.807) is 0 Å². The Morgan fingerprint density at radius 1 is 0.842 bits per heavy atom. The lowest BCUT2D eigenvalue weighted by atomic mass is 9.98. The summed E-state index contributed by atoms with van der Waals surface area (Å²) < 4.78 is 0. The molecule has 0 spiro atoms. The number of fused-ring (bicyclic) bond motifs is 2. The van der Waals surface area contributed by atoms with Gasteiger partial charge in [-0.25, -0.2) is 0 Å². The second-order valence-corrected chi connectivity index (χ2v) is 6.74. The molecule has 1 N–H and O–H groups in total. The SMILES string of the molecule is CC1(C)NC(C)(C)c2nc3c(nc21)CC/C=C/CC3. The fourth-order valence-corrected chi connectivity index (χ4v) is 3.35. The van der Waals surface area contributed by atoms with E-state index in [0.29, 0.717) is 0 Å². The van der Waals surface area contributed by atoms with Crippen molar-refractivity contribution in [3.05, 3.63) is 34.9 Å². The predicted molar refractivity (Wildman–Crippen MR) is 77.0 cm³/mol. The number of hydrogen-bond acceptors (Lipinski definition) is 3. The van der Waals surface area contributed by atoms with Crippen LogP contribution in [0.1, 0.15) is 63.3 Å². The zero-order valence-corrected chi connectivity index (χ0v) is 12.4. The summed E-state index contributed by atoms with van der Waals surface area (Å²) in [6.45, 7) is 8.80. The van der Waals surface area contributed by atoms with Crippen molar-refractivity contribution in [2.75, 3.05) is 0 Å². The summed E-state index contributed by atoms with van der Waals surface area (Å²) in [5.41, 5.74) is 4.52. The van der Waals surface area contributed by atoms with Gasteiger partial charge in [0.15, 0.2) is 0 Å². The van der Waals surface area contributed by atoms with Gasteiger partial charge in [0.25, 0.3) is 0 Å². The Kier molecular flexibility index (Phi) is 2.79. The van der Waals surface area contributed by atoms with Crippen LogP contribution in [0.3, 0.4) is 0 Å². The van der Waals surface area contributed by atoms with Crippen LogP contribution in [0.4, 0.5) is 0 Å². The molecular formula is C16H23N3. The number of hydrogen-bond donors (Lipinski definition) is 1. The lowest BCUT2D eigenvalue weighted by molar-refractivity contribution is 0.314. The van der Waals surface area contributed by atoms with Gasteiger partial charge in [0, 0.05) is 0 Å². The van der Waals surface area contributed by atoms with Crippen LogP contribution < -0.4 is 5.32 Å². The van der Waals surface area contributed by atoms with E-state index < -0.39 is 0 Å². The maximum Gasteiger partial charge on any atom is 0.0836 e. The minimum Gasteiger partial charge on any atom is -0.296 e. The summed E-state index contributed by atoms with van der Waals surface area (Å²) in [4.78, 5) is 9.97. The van der Waals surface area contributed by atoms with Crippen LogP contribution in [0, 0.1) is 0 Å². The predicted octanol–water partition coefficient (Wildman–Crippen LogP) is 2.99. The van der Waals surface area contributed by atoms with E-state index in [1.165, 1.54) is 11.4 Å². The molecule has 2 heterocycles.